The molecule has 0 radical (unpaired) electrons. The Bertz CT molecular complexity index is 406. The van der Waals surface area contributed by atoms with E-state index in [1.165, 1.54) is 38.9 Å². The first-order valence-corrected chi connectivity index (χ1v) is 8.53. The molecule has 1 aromatic carbocycles. The standard InChI is InChI=1S/C19H32N2/c1-5-20-18(19(2,3)4)12-15-21-13-10-16-8-6-7-9-17(16)11-14-21/h6-9,18,20H,5,10-15H2,1-4H3. The minimum atomic E-state index is 0.338. The normalized spacial score (nSPS) is 18.1. The third-order valence-electron chi connectivity index (χ3n) is 4.74. The highest BCUT2D eigenvalue weighted by molar-refractivity contribution is 5.28. The molecule has 2 nitrogen and oxygen atoms in total. The zero-order chi connectivity index (χ0) is 15.3. The Labute approximate surface area is 130 Å². The summed E-state index contributed by atoms with van der Waals surface area (Å²) in [7, 11) is 0. The molecule has 0 saturated carbocycles. The topological polar surface area (TPSA) is 15.3 Å². The summed E-state index contributed by atoms with van der Waals surface area (Å²) in [6.45, 7) is 13.9. The Morgan fingerprint density at radius 2 is 1.67 bits per heavy atom. The zero-order valence-corrected chi connectivity index (χ0v) is 14.3. The fourth-order valence-electron chi connectivity index (χ4n) is 3.34. The van der Waals surface area contributed by atoms with Crippen LogP contribution in [0.25, 0.3) is 0 Å². The number of fused-ring (bicyclic) bond motifs is 1. The molecule has 21 heavy (non-hydrogen) atoms. The van der Waals surface area contributed by atoms with E-state index in [1.807, 2.05) is 0 Å². The second-order valence-electron chi connectivity index (χ2n) is 7.38. The molecule has 1 unspecified atom stereocenters. The number of rotatable bonds is 5. The van der Waals surface area contributed by atoms with E-state index in [2.05, 4.69) is 62.2 Å². The van der Waals surface area contributed by atoms with Gasteiger partial charge in [0.1, 0.15) is 0 Å². The van der Waals surface area contributed by atoms with E-state index >= 15 is 0 Å². The summed E-state index contributed by atoms with van der Waals surface area (Å²) in [6, 6.07) is 9.56. The predicted molar refractivity (Wildman–Crippen MR) is 91.8 cm³/mol. The first-order valence-electron chi connectivity index (χ1n) is 8.53. The molecule has 0 aliphatic carbocycles. The molecule has 0 amide bonds. The number of nitrogens with one attached hydrogen (secondary N) is 1. The van der Waals surface area contributed by atoms with Gasteiger partial charge in [0, 0.05) is 19.1 Å². The SMILES string of the molecule is CCNC(CCN1CCc2ccccc2CC1)C(C)(C)C. The van der Waals surface area contributed by atoms with Crippen LogP contribution in [0.5, 0.6) is 0 Å². The van der Waals surface area contributed by atoms with Crippen LogP contribution in [-0.2, 0) is 12.8 Å². The fourth-order valence-corrected chi connectivity index (χ4v) is 3.34. The highest BCUT2D eigenvalue weighted by Crippen LogP contribution is 2.23. The molecular weight excluding hydrogens is 256 g/mol. The van der Waals surface area contributed by atoms with Crippen LogP contribution in [0.2, 0.25) is 0 Å². The van der Waals surface area contributed by atoms with Gasteiger partial charge in [0.15, 0.2) is 0 Å². The van der Waals surface area contributed by atoms with Gasteiger partial charge in [-0.15, -0.1) is 0 Å². The molecule has 0 spiro atoms. The third-order valence-corrected chi connectivity index (χ3v) is 4.74. The van der Waals surface area contributed by atoms with Crippen molar-refractivity contribution in [3.05, 3.63) is 35.4 Å². The highest BCUT2D eigenvalue weighted by Gasteiger charge is 2.24. The summed E-state index contributed by atoms with van der Waals surface area (Å²) in [5.74, 6) is 0. The van der Waals surface area contributed by atoms with Crippen molar-refractivity contribution in [3.8, 4) is 0 Å². The first kappa shape index (κ1) is 16.5. The van der Waals surface area contributed by atoms with Gasteiger partial charge in [-0.1, -0.05) is 52.0 Å². The quantitative estimate of drug-likeness (QED) is 0.892. The van der Waals surface area contributed by atoms with E-state index < -0.39 is 0 Å². The minimum Gasteiger partial charge on any atom is -0.314 e. The molecule has 0 bridgehead atoms. The maximum Gasteiger partial charge on any atom is 0.0128 e. The summed E-state index contributed by atoms with van der Waals surface area (Å²) < 4.78 is 0. The van der Waals surface area contributed by atoms with E-state index in [9.17, 15) is 0 Å². The monoisotopic (exact) mass is 288 g/mol. The second-order valence-corrected chi connectivity index (χ2v) is 7.38. The smallest absolute Gasteiger partial charge is 0.0128 e. The van der Waals surface area contributed by atoms with Gasteiger partial charge >= 0.3 is 0 Å². The van der Waals surface area contributed by atoms with Gasteiger partial charge in [-0.25, -0.2) is 0 Å². The second kappa shape index (κ2) is 7.42. The van der Waals surface area contributed by atoms with Crippen LogP contribution in [0, 0.1) is 5.41 Å². The van der Waals surface area contributed by atoms with E-state index in [0.29, 0.717) is 11.5 Å². The van der Waals surface area contributed by atoms with Gasteiger partial charge in [-0.2, -0.15) is 0 Å². The average Bonchev–Trinajstić information content (AvgIpc) is 2.65. The Kier molecular flexibility index (Phi) is 5.83. The number of nitrogens with zero attached hydrogens (tertiary/aromatic N) is 1. The zero-order valence-electron chi connectivity index (χ0n) is 14.3. The molecule has 2 heteroatoms. The Morgan fingerprint density at radius 1 is 1.10 bits per heavy atom. The van der Waals surface area contributed by atoms with Gasteiger partial charge in [-0.3, -0.25) is 0 Å². The van der Waals surface area contributed by atoms with E-state index in [-0.39, 0.29) is 0 Å². The van der Waals surface area contributed by atoms with Crippen molar-refractivity contribution in [2.24, 2.45) is 5.41 Å². The van der Waals surface area contributed by atoms with Crippen LogP contribution in [0.3, 0.4) is 0 Å². The van der Waals surface area contributed by atoms with Crippen LogP contribution >= 0.6 is 0 Å². The van der Waals surface area contributed by atoms with E-state index in [0.717, 1.165) is 6.54 Å². The maximum atomic E-state index is 3.67. The molecule has 1 atom stereocenters. The maximum absolute atomic E-state index is 3.67. The molecule has 0 saturated heterocycles. The number of hydrogen-bond acceptors (Lipinski definition) is 2. The Balaban J connectivity index is 1.87. The largest absolute Gasteiger partial charge is 0.314 e. The van der Waals surface area contributed by atoms with E-state index in [4.69, 9.17) is 0 Å². The van der Waals surface area contributed by atoms with Crippen LogP contribution in [0.15, 0.2) is 24.3 Å². The lowest BCUT2D eigenvalue weighted by atomic mass is 9.84. The third kappa shape index (κ3) is 4.82. The van der Waals surface area contributed by atoms with Gasteiger partial charge in [0.25, 0.3) is 0 Å². The fraction of sp³-hybridized carbons (Fsp3) is 0.684. The molecule has 118 valence electrons. The molecule has 1 aliphatic heterocycles. The van der Waals surface area contributed by atoms with Crippen molar-refractivity contribution in [3.63, 3.8) is 0 Å². The summed E-state index contributed by atoms with van der Waals surface area (Å²) in [6.07, 6.45) is 3.66. The molecular formula is C19H32N2. The van der Waals surface area contributed by atoms with Crippen molar-refractivity contribution in [2.45, 2.75) is 53.0 Å². The molecule has 0 fully saturated rings. The van der Waals surface area contributed by atoms with Gasteiger partial charge < -0.3 is 10.2 Å². The van der Waals surface area contributed by atoms with Crippen molar-refractivity contribution >= 4 is 0 Å². The number of hydrogen-bond donors (Lipinski definition) is 1. The molecule has 0 aromatic heterocycles. The van der Waals surface area contributed by atoms with Gasteiger partial charge in [0.05, 0.1) is 0 Å². The predicted octanol–water partition coefficient (Wildman–Crippen LogP) is 3.50. The van der Waals surface area contributed by atoms with Crippen LogP contribution in [0.1, 0.15) is 45.2 Å². The van der Waals surface area contributed by atoms with Crippen LogP contribution < -0.4 is 5.32 Å². The van der Waals surface area contributed by atoms with Crippen molar-refractivity contribution in [1.82, 2.24) is 10.2 Å². The van der Waals surface area contributed by atoms with E-state index in [1.54, 1.807) is 11.1 Å². The molecule has 1 N–H and O–H groups in total. The molecule has 1 aliphatic rings. The summed E-state index contributed by atoms with van der Waals surface area (Å²) in [4.78, 5) is 2.65. The van der Waals surface area contributed by atoms with Crippen molar-refractivity contribution in [1.29, 1.82) is 0 Å². The van der Waals surface area contributed by atoms with Crippen molar-refractivity contribution < 1.29 is 0 Å². The lowest BCUT2D eigenvalue weighted by Crippen LogP contribution is -2.43. The molecule has 1 aromatic rings. The van der Waals surface area contributed by atoms with Gasteiger partial charge in [0.2, 0.25) is 0 Å². The summed E-state index contributed by atoms with van der Waals surface area (Å²) in [5, 5.41) is 3.67. The van der Waals surface area contributed by atoms with Crippen LogP contribution in [-0.4, -0.2) is 37.1 Å². The van der Waals surface area contributed by atoms with Crippen LogP contribution in [0.4, 0.5) is 0 Å². The Hall–Kier alpha value is -0.860. The summed E-state index contributed by atoms with van der Waals surface area (Å²) >= 11 is 0. The first-order chi connectivity index (χ1) is 10.0. The lowest BCUT2D eigenvalue weighted by Gasteiger charge is -2.33. The lowest BCUT2D eigenvalue weighted by molar-refractivity contribution is 0.210. The highest BCUT2D eigenvalue weighted by atomic mass is 15.1. The average molecular weight is 288 g/mol. The number of benzene rings is 1. The molecule has 1 heterocycles. The summed E-state index contributed by atoms with van der Waals surface area (Å²) in [5.41, 5.74) is 3.45. The Morgan fingerprint density at radius 3 is 2.14 bits per heavy atom. The van der Waals surface area contributed by atoms with Crippen molar-refractivity contribution in [2.75, 3.05) is 26.2 Å². The minimum absolute atomic E-state index is 0.338. The molecule has 2 rings (SSSR count). The van der Waals surface area contributed by atoms with Gasteiger partial charge in [-0.05, 0) is 48.9 Å².